The van der Waals surface area contributed by atoms with E-state index in [2.05, 4.69) is 9.88 Å². The molecule has 5 nitrogen and oxygen atoms in total. The summed E-state index contributed by atoms with van der Waals surface area (Å²) < 4.78 is 0. The van der Waals surface area contributed by atoms with Crippen molar-refractivity contribution in [3.63, 3.8) is 0 Å². The molecule has 6 heteroatoms. The monoisotopic (exact) mass is 308 g/mol. The van der Waals surface area contributed by atoms with Gasteiger partial charge in [-0.25, -0.2) is 4.98 Å². The zero-order valence-corrected chi connectivity index (χ0v) is 13.7. The van der Waals surface area contributed by atoms with Crippen LogP contribution in [0.2, 0.25) is 0 Å². The Hall–Kier alpha value is -0.980. The molecule has 3 heterocycles. The highest BCUT2D eigenvalue weighted by molar-refractivity contribution is 7.13. The Kier molecular flexibility index (Phi) is 4.28. The quantitative estimate of drug-likeness (QED) is 0.897. The Bertz CT molecular complexity index is 522. The highest BCUT2D eigenvalue weighted by Crippen LogP contribution is 2.24. The molecular formula is C15H24N4OS. The predicted molar refractivity (Wildman–Crippen MR) is 84.7 cm³/mol. The molecule has 0 radical (unpaired) electrons. The SMILES string of the molecule is Cc1nc(C)c(C(=O)N2CCC(N3CCC(N)CC3)C2)s1. The van der Waals surface area contributed by atoms with E-state index in [9.17, 15) is 4.79 Å². The first kappa shape index (κ1) is 14.9. The molecule has 0 aromatic carbocycles. The molecule has 1 amide bonds. The number of amides is 1. The van der Waals surface area contributed by atoms with Crippen molar-refractivity contribution in [3.8, 4) is 0 Å². The first-order chi connectivity index (χ1) is 10.0. The lowest BCUT2D eigenvalue weighted by atomic mass is 10.0. The van der Waals surface area contributed by atoms with E-state index >= 15 is 0 Å². The number of carbonyl (C=O) groups is 1. The second kappa shape index (κ2) is 6.02. The third-order valence-electron chi connectivity index (χ3n) is 4.64. The summed E-state index contributed by atoms with van der Waals surface area (Å²) >= 11 is 1.51. The Balaban J connectivity index is 1.61. The number of likely N-dealkylation sites (tertiary alicyclic amines) is 2. The van der Waals surface area contributed by atoms with E-state index in [1.807, 2.05) is 18.7 Å². The summed E-state index contributed by atoms with van der Waals surface area (Å²) in [6, 6.07) is 0.874. The molecule has 2 fully saturated rings. The number of hydrogen-bond donors (Lipinski definition) is 1. The largest absolute Gasteiger partial charge is 0.336 e. The minimum Gasteiger partial charge on any atom is -0.336 e. The predicted octanol–water partition coefficient (Wildman–Crippen LogP) is 1.40. The number of rotatable bonds is 2. The van der Waals surface area contributed by atoms with Gasteiger partial charge in [-0.1, -0.05) is 0 Å². The summed E-state index contributed by atoms with van der Waals surface area (Å²) in [7, 11) is 0. The van der Waals surface area contributed by atoms with Crippen LogP contribution in [0.25, 0.3) is 0 Å². The van der Waals surface area contributed by atoms with Crippen LogP contribution in [0.3, 0.4) is 0 Å². The van der Waals surface area contributed by atoms with Gasteiger partial charge in [0.05, 0.1) is 10.7 Å². The normalized spacial score (nSPS) is 24.7. The summed E-state index contributed by atoms with van der Waals surface area (Å²) in [6.07, 6.45) is 3.24. The first-order valence-corrected chi connectivity index (χ1v) is 8.59. The smallest absolute Gasteiger partial charge is 0.265 e. The number of nitrogens with two attached hydrogens (primary N) is 1. The molecule has 1 atom stereocenters. The summed E-state index contributed by atoms with van der Waals surface area (Å²) in [5.74, 6) is 0.161. The van der Waals surface area contributed by atoms with E-state index < -0.39 is 0 Å². The van der Waals surface area contributed by atoms with Gasteiger partial charge < -0.3 is 10.6 Å². The second-order valence-electron chi connectivity index (χ2n) is 6.21. The van der Waals surface area contributed by atoms with Gasteiger partial charge in [-0.2, -0.15) is 0 Å². The average Bonchev–Trinajstić information content (AvgIpc) is 3.06. The number of aromatic nitrogens is 1. The first-order valence-electron chi connectivity index (χ1n) is 7.77. The van der Waals surface area contributed by atoms with Gasteiger partial charge in [0.15, 0.2) is 0 Å². The second-order valence-corrected chi connectivity index (χ2v) is 7.42. The lowest BCUT2D eigenvalue weighted by Crippen LogP contribution is -2.46. The van der Waals surface area contributed by atoms with Gasteiger partial charge in [-0.15, -0.1) is 11.3 Å². The summed E-state index contributed by atoms with van der Waals surface area (Å²) in [6.45, 7) is 7.75. The zero-order valence-electron chi connectivity index (χ0n) is 12.8. The maximum Gasteiger partial charge on any atom is 0.265 e. The molecule has 2 saturated heterocycles. The average molecular weight is 308 g/mol. The van der Waals surface area contributed by atoms with Crippen molar-refractivity contribution in [1.29, 1.82) is 0 Å². The van der Waals surface area contributed by atoms with Crippen molar-refractivity contribution in [1.82, 2.24) is 14.8 Å². The molecule has 2 aliphatic heterocycles. The Morgan fingerprint density at radius 2 is 1.95 bits per heavy atom. The van der Waals surface area contributed by atoms with Crippen LogP contribution >= 0.6 is 11.3 Å². The summed E-state index contributed by atoms with van der Waals surface area (Å²) in [4.78, 5) is 22.3. The number of hydrogen-bond acceptors (Lipinski definition) is 5. The van der Waals surface area contributed by atoms with Crippen molar-refractivity contribution in [2.24, 2.45) is 5.73 Å². The van der Waals surface area contributed by atoms with Gasteiger partial charge in [0.2, 0.25) is 0 Å². The van der Waals surface area contributed by atoms with Gasteiger partial charge in [-0.3, -0.25) is 9.69 Å². The maximum atomic E-state index is 12.6. The maximum absolute atomic E-state index is 12.6. The molecule has 2 aliphatic rings. The standard InChI is InChI=1S/C15H24N4OS/c1-10-14(21-11(2)17-10)15(20)19-8-5-13(9-19)18-6-3-12(16)4-7-18/h12-13H,3-9,16H2,1-2H3. The lowest BCUT2D eigenvalue weighted by Gasteiger charge is -2.34. The fourth-order valence-electron chi connectivity index (χ4n) is 3.38. The minimum atomic E-state index is 0.161. The van der Waals surface area contributed by atoms with Crippen molar-refractivity contribution >= 4 is 17.2 Å². The molecule has 0 spiro atoms. The highest BCUT2D eigenvalue weighted by Gasteiger charge is 2.33. The van der Waals surface area contributed by atoms with Gasteiger partial charge in [0.25, 0.3) is 5.91 Å². The fourth-order valence-corrected chi connectivity index (χ4v) is 4.27. The number of thiazole rings is 1. The number of carbonyl (C=O) groups excluding carboxylic acids is 1. The van der Waals surface area contributed by atoms with E-state index in [0.717, 1.165) is 61.0 Å². The molecule has 1 aromatic rings. The van der Waals surface area contributed by atoms with E-state index in [1.165, 1.54) is 11.3 Å². The summed E-state index contributed by atoms with van der Waals surface area (Å²) in [5, 5.41) is 0.969. The molecule has 0 saturated carbocycles. The fraction of sp³-hybridized carbons (Fsp3) is 0.733. The van der Waals surface area contributed by atoms with E-state index in [0.29, 0.717) is 12.1 Å². The molecule has 0 bridgehead atoms. The van der Waals surface area contributed by atoms with E-state index in [4.69, 9.17) is 5.73 Å². The highest BCUT2D eigenvalue weighted by atomic mass is 32.1. The van der Waals surface area contributed by atoms with Crippen LogP contribution in [0.4, 0.5) is 0 Å². The van der Waals surface area contributed by atoms with Crippen LogP contribution in [0, 0.1) is 13.8 Å². The zero-order chi connectivity index (χ0) is 15.0. The summed E-state index contributed by atoms with van der Waals surface area (Å²) in [5.41, 5.74) is 6.84. The van der Waals surface area contributed by atoms with Crippen molar-refractivity contribution in [3.05, 3.63) is 15.6 Å². The number of aryl methyl sites for hydroxylation is 2. The van der Waals surface area contributed by atoms with Gasteiger partial charge in [-0.05, 0) is 46.2 Å². The van der Waals surface area contributed by atoms with Crippen LogP contribution in [0.1, 0.15) is 39.6 Å². The third kappa shape index (κ3) is 3.12. The lowest BCUT2D eigenvalue weighted by molar-refractivity contribution is 0.0773. The minimum absolute atomic E-state index is 0.161. The van der Waals surface area contributed by atoms with Crippen LogP contribution in [-0.2, 0) is 0 Å². The van der Waals surface area contributed by atoms with Gasteiger partial charge >= 0.3 is 0 Å². The van der Waals surface area contributed by atoms with E-state index in [-0.39, 0.29) is 5.91 Å². The molecule has 116 valence electrons. The van der Waals surface area contributed by atoms with Crippen molar-refractivity contribution in [2.75, 3.05) is 26.2 Å². The third-order valence-corrected chi connectivity index (χ3v) is 5.70. The topological polar surface area (TPSA) is 62.5 Å². The number of nitrogens with zero attached hydrogens (tertiary/aromatic N) is 3. The van der Waals surface area contributed by atoms with Crippen LogP contribution in [0.15, 0.2) is 0 Å². The van der Waals surface area contributed by atoms with Crippen molar-refractivity contribution < 1.29 is 4.79 Å². The Morgan fingerprint density at radius 1 is 1.24 bits per heavy atom. The van der Waals surface area contributed by atoms with Crippen LogP contribution < -0.4 is 5.73 Å². The number of piperidine rings is 1. The molecule has 1 aromatic heterocycles. The molecule has 1 unspecified atom stereocenters. The van der Waals surface area contributed by atoms with Gasteiger partial charge in [0, 0.05) is 25.2 Å². The van der Waals surface area contributed by atoms with Crippen LogP contribution in [0.5, 0.6) is 0 Å². The molecule has 3 rings (SSSR count). The van der Waals surface area contributed by atoms with Gasteiger partial charge in [0.1, 0.15) is 4.88 Å². The Morgan fingerprint density at radius 3 is 2.57 bits per heavy atom. The van der Waals surface area contributed by atoms with Crippen molar-refractivity contribution in [2.45, 2.75) is 45.2 Å². The van der Waals surface area contributed by atoms with Crippen LogP contribution in [-0.4, -0.2) is 59.0 Å². The molecular weight excluding hydrogens is 284 g/mol. The molecule has 0 aliphatic carbocycles. The Labute approximate surface area is 130 Å². The molecule has 2 N–H and O–H groups in total. The molecule has 21 heavy (non-hydrogen) atoms. The van der Waals surface area contributed by atoms with E-state index in [1.54, 1.807) is 0 Å².